The van der Waals surface area contributed by atoms with Gasteiger partial charge in [0.2, 0.25) is 10.0 Å². The number of methoxy groups -OCH3 is 1. The van der Waals surface area contributed by atoms with Gasteiger partial charge in [-0.05, 0) is 56.3 Å². The second kappa shape index (κ2) is 11.9. The molecule has 0 saturated heterocycles. The predicted octanol–water partition coefficient (Wildman–Crippen LogP) is 2.47. The van der Waals surface area contributed by atoms with E-state index in [1.807, 2.05) is 6.92 Å². The van der Waals surface area contributed by atoms with Gasteiger partial charge in [-0.2, -0.15) is 0 Å². The minimum Gasteiger partial charge on any atom is -0.385 e. The van der Waals surface area contributed by atoms with Crippen LogP contribution in [0.25, 0.3) is 0 Å². The fourth-order valence-corrected chi connectivity index (χ4v) is 3.92. The molecule has 1 fully saturated rings. The number of ether oxygens (including phenoxy) is 1. The van der Waals surface area contributed by atoms with E-state index in [1.165, 1.54) is 26.3 Å². The van der Waals surface area contributed by atoms with Gasteiger partial charge in [0.25, 0.3) is 0 Å². The topological polar surface area (TPSA) is 91.8 Å². The number of halogens is 1. The van der Waals surface area contributed by atoms with Crippen LogP contribution in [-0.4, -0.2) is 48.2 Å². The smallest absolute Gasteiger partial charge is 0.240 e. The molecular formula is C19H33IN4O3S. The minimum absolute atomic E-state index is 0. The number of hydrogen-bond donors (Lipinski definition) is 3. The molecule has 2 rings (SSSR count). The number of hydrogen-bond acceptors (Lipinski definition) is 4. The third-order valence-electron chi connectivity index (χ3n) is 5.15. The molecular weight excluding hydrogens is 491 g/mol. The summed E-state index contributed by atoms with van der Waals surface area (Å²) in [6.07, 6.45) is 4.80. The van der Waals surface area contributed by atoms with Crippen LogP contribution in [-0.2, 0) is 21.3 Å². The van der Waals surface area contributed by atoms with E-state index >= 15 is 0 Å². The van der Waals surface area contributed by atoms with Crippen molar-refractivity contribution in [3.63, 3.8) is 0 Å². The minimum atomic E-state index is -3.40. The highest BCUT2D eigenvalue weighted by molar-refractivity contribution is 14.0. The van der Waals surface area contributed by atoms with E-state index in [1.54, 1.807) is 31.4 Å². The highest BCUT2D eigenvalue weighted by Gasteiger charge is 2.36. The molecule has 1 aromatic rings. The van der Waals surface area contributed by atoms with Crippen molar-refractivity contribution < 1.29 is 13.2 Å². The summed E-state index contributed by atoms with van der Waals surface area (Å²) in [5, 5.41) is 6.74. The van der Waals surface area contributed by atoms with Crippen molar-refractivity contribution in [3.8, 4) is 0 Å². The summed E-state index contributed by atoms with van der Waals surface area (Å²) in [5.74, 6) is 0.785. The highest BCUT2D eigenvalue weighted by atomic mass is 127. The summed E-state index contributed by atoms with van der Waals surface area (Å²) >= 11 is 0. The maximum Gasteiger partial charge on any atom is 0.240 e. The quantitative estimate of drug-likeness (QED) is 0.249. The molecule has 0 atom stereocenters. The lowest BCUT2D eigenvalue weighted by Crippen LogP contribution is -2.46. The van der Waals surface area contributed by atoms with Crippen LogP contribution in [0.1, 0.15) is 38.2 Å². The van der Waals surface area contributed by atoms with E-state index in [0.717, 1.165) is 37.6 Å². The van der Waals surface area contributed by atoms with E-state index in [2.05, 4.69) is 20.3 Å². The largest absolute Gasteiger partial charge is 0.385 e. The highest BCUT2D eigenvalue weighted by Crippen LogP contribution is 2.43. The molecule has 28 heavy (non-hydrogen) atoms. The molecule has 0 heterocycles. The summed E-state index contributed by atoms with van der Waals surface area (Å²) in [6, 6.07) is 6.79. The van der Waals surface area contributed by atoms with Gasteiger partial charge in [0.05, 0.1) is 11.4 Å². The van der Waals surface area contributed by atoms with E-state index < -0.39 is 10.0 Å². The van der Waals surface area contributed by atoms with E-state index in [4.69, 9.17) is 4.74 Å². The Morgan fingerprint density at radius 3 is 2.39 bits per heavy atom. The number of guanidine groups is 1. The molecule has 0 unspecified atom stereocenters. The van der Waals surface area contributed by atoms with Crippen LogP contribution in [0.2, 0.25) is 0 Å². The zero-order valence-corrected chi connectivity index (χ0v) is 20.1. The Balaban J connectivity index is 0.00000392. The standard InChI is InChI=1S/C19H32N4O3S.HI/c1-4-21-18(23-15-19(10-5-11-19)12-13-26-3)22-14-16-6-8-17(9-7-16)27(24,25)20-2;/h6-9,20H,4-5,10-15H2,1-3H3,(H2,21,22,23);1H. The summed E-state index contributed by atoms with van der Waals surface area (Å²) in [7, 11) is -0.250. The van der Waals surface area contributed by atoms with Crippen LogP contribution < -0.4 is 15.4 Å². The Kier molecular flexibility index (Phi) is 10.7. The second-order valence-electron chi connectivity index (χ2n) is 7.00. The maximum absolute atomic E-state index is 11.8. The summed E-state index contributed by atoms with van der Waals surface area (Å²) in [5.41, 5.74) is 1.27. The Morgan fingerprint density at radius 2 is 1.89 bits per heavy atom. The van der Waals surface area contributed by atoms with E-state index in [0.29, 0.717) is 12.0 Å². The zero-order valence-electron chi connectivity index (χ0n) is 17.0. The Morgan fingerprint density at radius 1 is 1.21 bits per heavy atom. The van der Waals surface area contributed by atoms with Gasteiger partial charge in [-0.3, -0.25) is 0 Å². The van der Waals surface area contributed by atoms with Gasteiger partial charge >= 0.3 is 0 Å². The number of nitrogens with one attached hydrogen (secondary N) is 3. The monoisotopic (exact) mass is 524 g/mol. The fraction of sp³-hybridized carbons (Fsp3) is 0.632. The van der Waals surface area contributed by atoms with Crippen LogP contribution in [0.15, 0.2) is 34.2 Å². The lowest BCUT2D eigenvalue weighted by atomic mass is 9.67. The molecule has 0 amide bonds. The number of sulfonamides is 1. The van der Waals surface area contributed by atoms with Gasteiger partial charge in [0, 0.05) is 26.8 Å². The molecule has 0 aromatic heterocycles. The third kappa shape index (κ3) is 7.16. The summed E-state index contributed by atoms with van der Waals surface area (Å²) in [6.45, 7) is 4.99. The van der Waals surface area contributed by atoms with Gasteiger partial charge in [-0.1, -0.05) is 18.6 Å². The van der Waals surface area contributed by atoms with E-state index in [-0.39, 0.29) is 28.9 Å². The number of benzene rings is 1. The summed E-state index contributed by atoms with van der Waals surface area (Å²) in [4.78, 5) is 4.89. The van der Waals surface area contributed by atoms with Crippen LogP contribution >= 0.6 is 24.0 Å². The number of nitrogens with zero attached hydrogens (tertiary/aromatic N) is 1. The SMILES string of the molecule is CCNC(=NCc1ccc(S(=O)(=O)NC)cc1)NCC1(CCOC)CCC1.I. The average molecular weight is 524 g/mol. The van der Waals surface area contributed by atoms with Crippen LogP contribution in [0.3, 0.4) is 0 Å². The molecule has 0 aliphatic heterocycles. The van der Waals surface area contributed by atoms with Crippen molar-refractivity contribution in [1.82, 2.24) is 15.4 Å². The Bertz CT molecular complexity index is 719. The van der Waals surface area contributed by atoms with E-state index in [9.17, 15) is 8.42 Å². The van der Waals surface area contributed by atoms with Gasteiger partial charge in [-0.15, -0.1) is 24.0 Å². The van der Waals surface area contributed by atoms with Crippen LogP contribution in [0.4, 0.5) is 0 Å². The molecule has 1 aromatic carbocycles. The average Bonchev–Trinajstić information content (AvgIpc) is 2.65. The van der Waals surface area contributed by atoms with Gasteiger partial charge in [0.1, 0.15) is 0 Å². The van der Waals surface area contributed by atoms with Gasteiger partial charge < -0.3 is 15.4 Å². The molecule has 1 saturated carbocycles. The molecule has 7 nitrogen and oxygen atoms in total. The predicted molar refractivity (Wildman–Crippen MR) is 124 cm³/mol. The zero-order chi connectivity index (χ0) is 19.8. The van der Waals surface area contributed by atoms with Crippen molar-refractivity contribution in [1.29, 1.82) is 0 Å². The second-order valence-corrected chi connectivity index (χ2v) is 8.88. The molecule has 1 aliphatic carbocycles. The molecule has 9 heteroatoms. The van der Waals surface area contributed by atoms with Gasteiger partial charge in [0.15, 0.2) is 5.96 Å². The van der Waals surface area contributed by atoms with Crippen LogP contribution in [0, 0.1) is 5.41 Å². The van der Waals surface area contributed by atoms with Gasteiger partial charge in [-0.25, -0.2) is 18.1 Å². The molecule has 0 bridgehead atoms. The summed E-state index contributed by atoms with van der Waals surface area (Å²) < 4.78 is 31.1. The first-order valence-electron chi connectivity index (χ1n) is 9.48. The lowest BCUT2D eigenvalue weighted by molar-refractivity contribution is 0.0732. The van der Waals surface area contributed by atoms with Crippen molar-refractivity contribution in [2.24, 2.45) is 10.4 Å². The van der Waals surface area contributed by atoms with Crippen molar-refractivity contribution in [3.05, 3.63) is 29.8 Å². The normalized spacial score (nSPS) is 16.0. The molecule has 0 radical (unpaired) electrons. The van der Waals surface area contributed by atoms with Crippen molar-refractivity contribution in [2.75, 3.05) is 33.9 Å². The lowest BCUT2D eigenvalue weighted by Gasteiger charge is -2.42. The molecule has 0 spiro atoms. The van der Waals surface area contributed by atoms with Crippen LogP contribution in [0.5, 0.6) is 0 Å². The number of aliphatic imine (C=N–C) groups is 1. The van der Waals surface area contributed by atoms with Crippen molar-refractivity contribution in [2.45, 2.75) is 44.0 Å². The fourth-order valence-electron chi connectivity index (χ4n) is 3.19. The maximum atomic E-state index is 11.8. The Labute approximate surface area is 186 Å². The Hall–Kier alpha value is -0.910. The number of rotatable bonds is 10. The molecule has 160 valence electrons. The third-order valence-corrected chi connectivity index (χ3v) is 6.58. The van der Waals surface area contributed by atoms with Crippen molar-refractivity contribution >= 4 is 40.0 Å². The first-order valence-corrected chi connectivity index (χ1v) is 11.0. The first kappa shape index (κ1) is 25.1. The molecule has 1 aliphatic rings. The first-order chi connectivity index (χ1) is 12.9. The molecule has 3 N–H and O–H groups in total.